The molecule has 0 fully saturated rings. The number of aromatic nitrogens is 4. The average molecular weight is 873 g/mol. The fourth-order valence-corrected chi connectivity index (χ4v) is 6.78. The second kappa shape index (κ2) is 15.3. The van der Waals surface area contributed by atoms with E-state index in [2.05, 4.69) is 101 Å². The van der Waals surface area contributed by atoms with Gasteiger partial charge in [-0.2, -0.15) is 0 Å². The van der Waals surface area contributed by atoms with Crippen LogP contribution in [0.5, 0.6) is 0 Å². The van der Waals surface area contributed by atoms with Crippen molar-refractivity contribution in [3.05, 3.63) is 194 Å². The summed E-state index contributed by atoms with van der Waals surface area (Å²) in [6, 6.07) is 63.9. The van der Waals surface area contributed by atoms with Gasteiger partial charge in [0, 0.05) is 42.9 Å². The minimum Gasteiger partial charge on any atom is -0.501 e. The van der Waals surface area contributed by atoms with Crippen molar-refractivity contribution in [2.45, 2.75) is 6.92 Å². The topological polar surface area (TPSA) is 56.7 Å². The number of aryl methyl sites for hydroxylation is 1. The molecule has 0 atom stereocenters. The zero-order chi connectivity index (χ0) is 35.6. The molecule has 0 aliphatic heterocycles. The van der Waals surface area contributed by atoms with Crippen molar-refractivity contribution in [2.75, 3.05) is 0 Å². The Bertz CT molecular complexity index is 2780. The van der Waals surface area contributed by atoms with Crippen LogP contribution in [0.2, 0.25) is 0 Å². The second-order valence-corrected chi connectivity index (χ2v) is 12.7. The largest absolute Gasteiger partial charge is 0.501 e. The smallest absolute Gasteiger partial charge is 0.121 e. The molecule has 54 heavy (non-hydrogen) atoms. The van der Waals surface area contributed by atoms with Crippen LogP contribution in [0.25, 0.3) is 83.7 Å². The molecule has 0 saturated heterocycles. The van der Waals surface area contributed by atoms with Crippen LogP contribution < -0.4 is 0 Å². The summed E-state index contributed by atoms with van der Waals surface area (Å²) in [5.41, 5.74) is 12.4. The molecular weight excluding hydrogens is 841 g/mol. The average Bonchev–Trinajstić information content (AvgIpc) is 3.82. The summed E-state index contributed by atoms with van der Waals surface area (Å²) in [5.74, 6) is 0.772. The number of nitrogens with zero attached hydrogens (tertiary/aromatic N) is 4. The van der Waals surface area contributed by atoms with Gasteiger partial charge in [-0.05, 0) is 54.1 Å². The molecule has 261 valence electrons. The molecule has 10 aromatic rings. The van der Waals surface area contributed by atoms with Gasteiger partial charge in [0.2, 0.25) is 0 Å². The van der Waals surface area contributed by atoms with Crippen LogP contribution in [0.3, 0.4) is 0 Å². The number of fused-ring (bicyclic) bond motifs is 4. The monoisotopic (exact) mass is 873 g/mol. The minimum absolute atomic E-state index is 0. The summed E-state index contributed by atoms with van der Waals surface area (Å²) in [6.07, 6.45) is 1.79. The number of pyridine rings is 2. The summed E-state index contributed by atoms with van der Waals surface area (Å²) in [4.78, 5) is 14.3. The molecule has 6 aromatic carbocycles. The van der Waals surface area contributed by atoms with Crippen molar-refractivity contribution < 1.29 is 24.5 Å². The van der Waals surface area contributed by atoms with Crippen LogP contribution in [0, 0.1) is 19.1 Å². The number of imidazole rings is 1. The van der Waals surface area contributed by atoms with Gasteiger partial charge in [-0.3, -0.25) is 9.97 Å². The number of para-hydroxylation sites is 1. The van der Waals surface area contributed by atoms with Crippen molar-refractivity contribution in [2.24, 2.45) is 0 Å². The van der Waals surface area contributed by atoms with E-state index < -0.39 is 0 Å². The molecule has 4 heterocycles. The first-order valence-electron chi connectivity index (χ1n) is 17.5. The van der Waals surface area contributed by atoms with Crippen LogP contribution in [0.1, 0.15) is 5.69 Å². The van der Waals surface area contributed by atoms with E-state index in [-0.39, 0.29) is 20.1 Å². The van der Waals surface area contributed by atoms with E-state index in [9.17, 15) is 0 Å². The van der Waals surface area contributed by atoms with Gasteiger partial charge in [-0.15, -0.1) is 54.1 Å². The molecule has 10 rings (SSSR count). The Kier molecular flexibility index (Phi) is 9.78. The van der Waals surface area contributed by atoms with Crippen molar-refractivity contribution >= 4 is 33.0 Å². The molecule has 1 radical (unpaired) electrons. The fourth-order valence-electron chi connectivity index (χ4n) is 6.78. The van der Waals surface area contributed by atoms with Crippen LogP contribution in [0.4, 0.5) is 0 Å². The van der Waals surface area contributed by atoms with Crippen molar-refractivity contribution in [1.82, 2.24) is 19.5 Å². The van der Waals surface area contributed by atoms with Crippen LogP contribution in [0.15, 0.2) is 180 Å². The van der Waals surface area contributed by atoms with Crippen molar-refractivity contribution in [3.63, 3.8) is 0 Å². The number of hydrogen-bond donors (Lipinski definition) is 0. The van der Waals surface area contributed by atoms with E-state index in [0.29, 0.717) is 0 Å². The Labute approximate surface area is 327 Å². The van der Waals surface area contributed by atoms with Crippen molar-refractivity contribution in [1.29, 1.82) is 0 Å². The number of hydrogen-bond acceptors (Lipinski definition) is 4. The molecule has 0 aliphatic carbocycles. The Morgan fingerprint density at radius 3 is 2.02 bits per heavy atom. The first-order valence-corrected chi connectivity index (χ1v) is 17.5. The molecule has 0 aliphatic rings. The van der Waals surface area contributed by atoms with E-state index in [4.69, 9.17) is 14.4 Å². The summed E-state index contributed by atoms with van der Waals surface area (Å²) < 4.78 is 8.81. The molecule has 5 nitrogen and oxygen atoms in total. The van der Waals surface area contributed by atoms with E-state index >= 15 is 0 Å². The van der Waals surface area contributed by atoms with Crippen LogP contribution >= 0.6 is 0 Å². The SMILES string of the molecule is Cc1nc(-c2ccccc2)cc2c1nc(-c1[c-]ccc3c1oc1cc(-c4ccccc4)ccc13)n2-c1ccccc1.[Ir].[c-]1ccccc1-c1ccccn1. The van der Waals surface area contributed by atoms with Crippen LogP contribution in [-0.2, 0) is 20.1 Å². The zero-order valence-corrected chi connectivity index (χ0v) is 31.7. The molecule has 6 heteroatoms. The molecule has 0 N–H and O–H groups in total. The van der Waals surface area contributed by atoms with Crippen LogP contribution in [-0.4, -0.2) is 19.5 Å². The maximum atomic E-state index is 6.61. The van der Waals surface area contributed by atoms with E-state index in [1.165, 1.54) is 0 Å². The first kappa shape index (κ1) is 34.6. The summed E-state index contributed by atoms with van der Waals surface area (Å²) in [7, 11) is 0. The Hall–Kier alpha value is -6.46. The van der Waals surface area contributed by atoms with Gasteiger partial charge in [0.1, 0.15) is 5.58 Å². The van der Waals surface area contributed by atoms with E-state index in [0.717, 1.165) is 89.4 Å². The van der Waals surface area contributed by atoms with Gasteiger partial charge >= 0.3 is 0 Å². The standard InChI is InChI=1S/C37H24N3O.C11H8N.Ir/c1-24-35-33(23-32(38-24)26-14-7-3-8-15-26)40(28-16-9-4-10-17-28)37(39-35)31-19-11-18-30-29-21-20-27(22-34(29)41-36(30)31)25-12-5-2-6-13-25;1-2-6-10(7-3-1)11-8-4-5-9-12-11;/h2-18,20-23H,1H3;1-6,8-9H;/q2*-1;. The van der Waals surface area contributed by atoms with Gasteiger partial charge in [0.25, 0.3) is 0 Å². The molecular formula is C48H32IrN4O-2. The fraction of sp³-hybridized carbons (Fsp3) is 0.0208. The summed E-state index contributed by atoms with van der Waals surface area (Å²) in [6.45, 7) is 2.03. The molecule has 0 spiro atoms. The molecule has 0 amide bonds. The molecule has 0 bridgehead atoms. The quantitative estimate of drug-likeness (QED) is 0.162. The number of rotatable bonds is 5. The normalized spacial score (nSPS) is 10.9. The predicted octanol–water partition coefficient (Wildman–Crippen LogP) is 12.0. The maximum absolute atomic E-state index is 6.61. The van der Waals surface area contributed by atoms with Crippen molar-refractivity contribution in [3.8, 4) is 50.7 Å². The first-order chi connectivity index (χ1) is 26.2. The predicted molar refractivity (Wildman–Crippen MR) is 215 cm³/mol. The van der Waals surface area contributed by atoms with E-state index in [1.54, 1.807) is 6.20 Å². The number of benzene rings is 6. The van der Waals surface area contributed by atoms with Gasteiger partial charge in [0.15, 0.2) is 0 Å². The second-order valence-electron chi connectivity index (χ2n) is 12.7. The van der Waals surface area contributed by atoms with Gasteiger partial charge in [-0.1, -0.05) is 114 Å². The third-order valence-corrected chi connectivity index (χ3v) is 9.32. The molecule has 0 unspecified atom stereocenters. The van der Waals surface area contributed by atoms with Gasteiger partial charge < -0.3 is 14.0 Å². The maximum Gasteiger partial charge on any atom is 0.121 e. The molecule has 0 saturated carbocycles. The third-order valence-electron chi connectivity index (χ3n) is 9.32. The Morgan fingerprint density at radius 2 is 1.30 bits per heavy atom. The van der Waals surface area contributed by atoms with E-state index in [1.807, 2.05) is 97.9 Å². The summed E-state index contributed by atoms with van der Waals surface area (Å²) >= 11 is 0. The Morgan fingerprint density at radius 1 is 0.574 bits per heavy atom. The third kappa shape index (κ3) is 6.65. The minimum atomic E-state index is 0. The Balaban J connectivity index is 0.000000271. The van der Waals surface area contributed by atoms with Gasteiger partial charge in [-0.25, -0.2) is 0 Å². The number of furan rings is 1. The zero-order valence-electron chi connectivity index (χ0n) is 29.3. The molecule has 4 aromatic heterocycles. The summed E-state index contributed by atoms with van der Waals surface area (Å²) in [5, 5.41) is 2.11. The van der Waals surface area contributed by atoms with Gasteiger partial charge in [0.05, 0.1) is 33.8 Å².